The van der Waals surface area contributed by atoms with E-state index in [1.54, 1.807) is 11.3 Å². The van der Waals surface area contributed by atoms with Gasteiger partial charge in [0.25, 0.3) is 0 Å². The van der Waals surface area contributed by atoms with Gasteiger partial charge in [-0.05, 0) is 63.5 Å². The molecule has 1 amide bonds. The normalized spacial score (nSPS) is 23.4. The second-order valence-electron chi connectivity index (χ2n) is 6.79. The second-order valence-corrected chi connectivity index (χ2v) is 7.87. The summed E-state index contributed by atoms with van der Waals surface area (Å²) in [5, 5.41) is 7.28. The van der Waals surface area contributed by atoms with Crippen LogP contribution < -0.4 is 10.6 Å². The molecule has 1 aromatic rings. The van der Waals surface area contributed by atoms with Crippen LogP contribution in [0.5, 0.6) is 0 Å². The summed E-state index contributed by atoms with van der Waals surface area (Å²) in [5.74, 6) is 1.19. The molecule has 5 heteroatoms. The highest BCUT2D eigenvalue weighted by Crippen LogP contribution is 2.29. The van der Waals surface area contributed by atoms with Gasteiger partial charge in [-0.3, -0.25) is 4.79 Å². The van der Waals surface area contributed by atoms with Gasteiger partial charge in [0.05, 0.1) is 5.69 Å². The number of aryl methyl sites for hydroxylation is 2. The van der Waals surface area contributed by atoms with Crippen LogP contribution in [0, 0.1) is 11.8 Å². The predicted molar refractivity (Wildman–Crippen MR) is 91.4 cm³/mol. The number of rotatable bonds is 4. The molecule has 0 bridgehead atoms. The summed E-state index contributed by atoms with van der Waals surface area (Å²) < 4.78 is 0. The Kier molecular flexibility index (Phi) is 5.47. The molecule has 0 radical (unpaired) electrons. The van der Waals surface area contributed by atoms with E-state index in [4.69, 9.17) is 0 Å². The summed E-state index contributed by atoms with van der Waals surface area (Å²) in [4.78, 5) is 18.3. The van der Waals surface area contributed by atoms with Crippen LogP contribution >= 0.6 is 11.3 Å². The summed E-state index contributed by atoms with van der Waals surface area (Å²) in [5.41, 5.74) is 1.22. The number of thiazole rings is 1. The lowest BCUT2D eigenvalue weighted by Gasteiger charge is -2.27. The summed E-state index contributed by atoms with van der Waals surface area (Å²) in [7, 11) is 0. The van der Waals surface area contributed by atoms with Gasteiger partial charge in [0, 0.05) is 11.3 Å². The van der Waals surface area contributed by atoms with E-state index in [-0.39, 0.29) is 5.91 Å². The molecule has 1 saturated heterocycles. The Labute approximate surface area is 137 Å². The molecule has 2 N–H and O–H groups in total. The van der Waals surface area contributed by atoms with Gasteiger partial charge in [0.1, 0.15) is 0 Å². The molecule has 0 saturated carbocycles. The fourth-order valence-electron chi connectivity index (χ4n) is 3.58. The van der Waals surface area contributed by atoms with Crippen molar-refractivity contribution >= 4 is 22.4 Å². The number of hydrogen-bond donors (Lipinski definition) is 2. The zero-order valence-electron chi connectivity index (χ0n) is 13.5. The third kappa shape index (κ3) is 4.07. The van der Waals surface area contributed by atoms with Crippen molar-refractivity contribution in [2.45, 2.75) is 58.3 Å². The first-order chi connectivity index (χ1) is 10.7. The fraction of sp³-hybridized carbons (Fsp3) is 0.765. The minimum Gasteiger partial charge on any atom is -0.316 e. The van der Waals surface area contributed by atoms with Crippen LogP contribution in [-0.4, -0.2) is 24.0 Å². The average molecular weight is 321 g/mol. The molecule has 1 aliphatic heterocycles. The summed E-state index contributed by atoms with van der Waals surface area (Å²) in [6.45, 7) is 4.38. The molecule has 2 heterocycles. The highest BCUT2D eigenvalue weighted by molar-refractivity contribution is 7.15. The number of anilines is 1. The predicted octanol–water partition coefficient (Wildman–Crippen LogP) is 3.38. The quantitative estimate of drug-likeness (QED) is 0.836. The molecule has 122 valence electrons. The van der Waals surface area contributed by atoms with Crippen LogP contribution in [0.1, 0.15) is 56.0 Å². The number of hydrogen-bond acceptors (Lipinski definition) is 4. The lowest BCUT2D eigenvalue weighted by molar-refractivity contribution is -0.117. The molecule has 2 atom stereocenters. The number of carbonyl (C=O) groups excluding carboxylic acids is 1. The molecule has 0 aromatic carbocycles. The van der Waals surface area contributed by atoms with Gasteiger partial charge in [-0.15, -0.1) is 11.3 Å². The smallest absolute Gasteiger partial charge is 0.226 e. The van der Waals surface area contributed by atoms with Crippen molar-refractivity contribution in [3.8, 4) is 0 Å². The number of piperidine rings is 1. The maximum absolute atomic E-state index is 12.3. The van der Waals surface area contributed by atoms with E-state index in [1.807, 2.05) is 0 Å². The van der Waals surface area contributed by atoms with Gasteiger partial charge in [-0.1, -0.05) is 13.3 Å². The van der Waals surface area contributed by atoms with E-state index < -0.39 is 0 Å². The summed E-state index contributed by atoms with van der Waals surface area (Å²) >= 11 is 1.68. The lowest BCUT2D eigenvalue weighted by atomic mass is 9.85. The van der Waals surface area contributed by atoms with E-state index in [1.165, 1.54) is 42.7 Å². The molecule has 0 spiro atoms. The van der Waals surface area contributed by atoms with Crippen molar-refractivity contribution < 1.29 is 4.79 Å². The van der Waals surface area contributed by atoms with Crippen molar-refractivity contribution in [2.75, 3.05) is 18.4 Å². The molecule has 22 heavy (non-hydrogen) atoms. The molecule has 1 aliphatic carbocycles. The standard InChI is InChI=1S/C17H27N3OS/c1-12(13-6-5-9-18-11-13)10-16(21)20-17-19-14-7-3-2-4-8-15(14)22-17/h12-13,18H,2-11H2,1H3,(H,19,20,21). The Bertz CT molecular complexity index is 485. The van der Waals surface area contributed by atoms with Crippen LogP contribution in [-0.2, 0) is 17.6 Å². The minimum atomic E-state index is 0.127. The first-order valence-corrected chi connectivity index (χ1v) is 9.53. The van der Waals surface area contributed by atoms with Gasteiger partial charge < -0.3 is 10.6 Å². The van der Waals surface area contributed by atoms with Crippen molar-refractivity contribution in [3.05, 3.63) is 10.6 Å². The van der Waals surface area contributed by atoms with E-state index in [0.29, 0.717) is 18.3 Å². The highest BCUT2D eigenvalue weighted by Gasteiger charge is 2.23. The topological polar surface area (TPSA) is 54.0 Å². The highest BCUT2D eigenvalue weighted by atomic mass is 32.1. The zero-order valence-corrected chi connectivity index (χ0v) is 14.3. The van der Waals surface area contributed by atoms with Gasteiger partial charge in [-0.2, -0.15) is 0 Å². The van der Waals surface area contributed by atoms with Crippen molar-refractivity contribution in [3.63, 3.8) is 0 Å². The Morgan fingerprint density at radius 1 is 1.36 bits per heavy atom. The first kappa shape index (κ1) is 15.9. The largest absolute Gasteiger partial charge is 0.316 e. The summed E-state index contributed by atoms with van der Waals surface area (Å²) in [6, 6.07) is 0. The number of aromatic nitrogens is 1. The van der Waals surface area contributed by atoms with Crippen LogP contribution in [0.25, 0.3) is 0 Å². The van der Waals surface area contributed by atoms with E-state index >= 15 is 0 Å². The molecule has 2 unspecified atom stereocenters. The summed E-state index contributed by atoms with van der Waals surface area (Å²) in [6.07, 6.45) is 9.08. The van der Waals surface area contributed by atoms with Crippen molar-refractivity contribution in [1.82, 2.24) is 10.3 Å². The van der Waals surface area contributed by atoms with E-state index in [0.717, 1.165) is 31.1 Å². The third-order valence-corrected chi connectivity index (χ3v) is 6.06. The van der Waals surface area contributed by atoms with Crippen molar-refractivity contribution in [1.29, 1.82) is 0 Å². The van der Waals surface area contributed by atoms with Gasteiger partial charge in [0.2, 0.25) is 5.91 Å². The second kappa shape index (κ2) is 7.55. The SMILES string of the molecule is CC(CC(=O)Nc1nc2c(s1)CCCCC2)C1CCCNC1. The molecule has 1 aromatic heterocycles. The molecule has 4 nitrogen and oxygen atoms in total. The fourth-order valence-corrected chi connectivity index (χ4v) is 4.64. The van der Waals surface area contributed by atoms with Gasteiger partial charge in [0.15, 0.2) is 5.13 Å². The van der Waals surface area contributed by atoms with Gasteiger partial charge >= 0.3 is 0 Å². The number of fused-ring (bicyclic) bond motifs is 1. The molecular weight excluding hydrogens is 294 g/mol. The molecule has 3 rings (SSSR count). The van der Waals surface area contributed by atoms with E-state index in [2.05, 4.69) is 22.5 Å². The maximum atomic E-state index is 12.3. The Hall–Kier alpha value is -0.940. The van der Waals surface area contributed by atoms with Crippen LogP contribution in [0.4, 0.5) is 5.13 Å². The molecule has 2 aliphatic rings. The number of nitrogens with zero attached hydrogens (tertiary/aromatic N) is 1. The van der Waals surface area contributed by atoms with Crippen LogP contribution in [0.3, 0.4) is 0 Å². The third-order valence-electron chi connectivity index (χ3n) is 4.99. The Balaban J connectivity index is 1.53. The Morgan fingerprint density at radius 2 is 2.23 bits per heavy atom. The average Bonchev–Trinajstić information content (AvgIpc) is 2.76. The molecular formula is C17H27N3OS. The lowest BCUT2D eigenvalue weighted by Crippen LogP contribution is -2.34. The number of amides is 1. The monoisotopic (exact) mass is 321 g/mol. The van der Waals surface area contributed by atoms with Crippen molar-refractivity contribution in [2.24, 2.45) is 11.8 Å². The maximum Gasteiger partial charge on any atom is 0.226 e. The minimum absolute atomic E-state index is 0.127. The van der Waals surface area contributed by atoms with Crippen LogP contribution in [0.15, 0.2) is 0 Å². The van der Waals surface area contributed by atoms with E-state index in [9.17, 15) is 4.79 Å². The Morgan fingerprint density at radius 3 is 3.05 bits per heavy atom. The number of nitrogens with one attached hydrogen (secondary N) is 2. The zero-order chi connectivity index (χ0) is 15.4. The van der Waals surface area contributed by atoms with Crippen LogP contribution in [0.2, 0.25) is 0 Å². The first-order valence-electron chi connectivity index (χ1n) is 8.71. The van der Waals surface area contributed by atoms with Gasteiger partial charge in [-0.25, -0.2) is 4.98 Å². The molecule has 1 fully saturated rings. The number of carbonyl (C=O) groups is 1.